The van der Waals surface area contributed by atoms with Gasteiger partial charge in [-0.25, -0.2) is 0 Å². The predicted molar refractivity (Wildman–Crippen MR) is 70.9 cm³/mol. The number of piperazine rings is 1. The number of halogens is 1. The lowest BCUT2D eigenvalue weighted by atomic mass is 10.0. The molecule has 0 unspecified atom stereocenters. The van der Waals surface area contributed by atoms with E-state index < -0.39 is 0 Å². The highest BCUT2D eigenvalue weighted by molar-refractivity contribution is 6.32. The Bertz CT molecular complexity index is 428. The van der Waals surface area contributed by atoms with E-state index in [2.05, 4.69) is 25.7 Å². The maximum absolute atomic E-state index is 12.2. The van der Waals surface area contributed by atoms with Crippen LogP contribution in [0.1, 0.15) is 31.1 Å². The van der Waals surface area contributed by atoms with Crippen molar-refractivity contribution in [2.75, 3.05) is 26.2 Å². The second kappa shape index (κ2) is 4.94. The standard InChI is InChI=1S/C13H19ClN2O2/c1-13(2,3)16-7-5-15(6-8-16)12(17)10-4-9-18-11(10)14/h4,9H,5-8H2,1-3H3. The van der Waals surface area contributed by atoms with Crippen molar-refractivity contribution in [1.82, 2.24) is 9.80 Å². The minimum absolute atomic E-state index is 0.0395. The van der Waals surface area contributed by atoms with Gasteiger partial charge in [-0.05, 0) is 38.4 Å². The van der Waals surface area contributed by atoms with Crippen LogP contribution in [0.15, 0.2) is 16.7 Å². The highest BCUT2D eigenvalue weighted by Crippen LogP contribution is 2.21. The van der Waals surface area contributed by atoms with Crippen molar-refractivity contribution in [3.8, 4) is 0 Å². The van der Waals surface area contributed by atoms with Gasteiger partial charge in [0.2, 0.25) is 5.22 Å². The number of carbonyl (C=O) groups is 1. The predicted octanol–water partition coefficient (Wildman–Crippen LogP) is 2.49. The monoisotopic (exact) mass is 270 g/mol. The lowest BCUT2D eigenvalue weighted by Gasteiger charge is -2.42. The summed E-state index contributed by atoms with van der Waals surface area (Å²) >= 11 is 5.83. The highest BCUT2D eigenvalue weighted by atomic mass is 35.5. The summed E-state index contributed by atoms with van der Waals surface area (Å²) < 4.78 is 4.96. The van der Waals surface area contributed by atoms with Crippen molar-refractivity contribution < 1.29 is 9.21 Å². The van der Waals surface area contributed by atoms with Crippen LogP contribution < -0.4 is 0 Å². The molecule has 0 aromatic carbocycles. The largest absolute Gasteiger partial charge is 0.452 e. The molecule has 1 amide bonds. The quantitative estimate of drug-likeness (QED) is 0.787. The fourth-order valence-electron chi connectivity index (χ4n) is 2.20. The maximum Gasteiger partial charge on any atom is 0.258 e. The number of carbonyl (C=O) groups excluding carboxylic acids is 1. The van der Waals surface area contributed by atoms with E-state index in [0.717, 1.165) is 26.2 Å². The average molecular weight is 271 g/mol. The third-order valence-electron chi connectivity index (χ3n) is 3.36. The molecule has 0 saturated carbocycles. The Kier molecular flexibility index (Phi) is 3.69. The Labute approximate surface area is 112 Å². The molecule has 0 radical (unpaired) electrons. The summed E-state index contributed by atoms with van der Waals surface area (Å²) in [5.74, 6) is -0.0395. The summed E-state index contributed by atoms with van der Waals surface area (Å²) in [7, 11) is 0. The van der Waals surface area contributed by atoms with E-state index >= 15 is 0 Å². The Morgan fingerprint density at radius 3 is 2.33 bits per heavy atom. The van der Waals surface area contributed by atoms with Gasteiger partial charge in [0.25, 0.3) is 5.91 Å². The molecule has 0 bridgehead atoms. The van der Waals surface area contributed by atoms with Gasteiger partial charge in [-0.15, -0.1) is 0 Å². The molecule has 0 atom stereocenters. The van der Waals surface area contributed by atoms with E-state index in [1.807, 2.05) is 4.90 Å². The SMILES string of the molecule is CC(C)(C)N1CCN(C(=O)c2ccoc2Cl)CC1. The maximum atomic E-state index is 12.2. The fourth-order valence-corrected chi connectivity index (χ4v) is 2.39. The van der Waals surface area contributed by atoms with Crippen LogP contribution in [0.25, 0.3) is 0 Å². The fraction of sp³-hybridized carbons (Fsp3) is 0.615. The first-order chi connectivity index (χ1) is 8.39. The Morgan fingerprint density at radius 1 is 1.28 bits per heavy atom. The molecule has 4 nitrogen and oxygen atoms in total. The van der Waals surface area contributed by atoms with E-state index in [4.69, 9.17) is 16.0 Å². The zero-order valence-electron chi connectivity index (χ0n) is 11.1. The van der Waals surface area contributed by atoms with Crippen LogP contribution in [0.3, 0.4) is 0 Å². The van der Waals surface area contributed by atoms with Gasteiger partial charge in [0.15, 0.2) is 0 Å². The summed E-state index contributed by atoms with van der Waals surface area (Å²) in [6.45, 7) is 9.83. The molecule has 5 heteroatoms. The number of hydrogen-bond acceptors (Lipinski definition) is 3. The average Bonchev–Trinajstić information content (AvgIpc) is 2.73. The van der Waals surface area contributed by atoms with Gasteiger partial charge in [-0.3, -0.25) is 9.69 Å². The normalized spacial score (nSPS) is 18.1. The first-order valence-corrected chi connectivity index (χ1v) is 6.55. The zero-order valence-corrected chi connectivity index (χ0v) is 11.8. The lowest BCUT2D eigenvalue weighted by molar-refractivity contribution is 0.0451. The van der Waals surface area contributed by atoms with Crippen LogP contribution in [-0.4, -0.2) is 47.4 Å². The third kappa shape index (κ3) is 2.70. The molecule has 1 aromatic rings. The van der Waals surface area contributed by atoms with Crippen molar-refractivity contribution in [1.29, 1.82) is 0 Å². The molecule has 1 aliphatic rings. The van der Waals surface area contributed by atoms with Crippen molar-refractivity contribution in [2.24, 2.45) is 0 Å². The molecule has 100 valence electrons. The van der Waals surface area contributed by atoms with Crippen LogP contribution in [0, 0.1) is 0 Å². The van der Waals surface area contributed by atoms with Crippen LogP contribution in [0.2, 0.25) is 5.22 Å². The minimum Gasteiger partial charge on any atom is -0.452 e. The third-order valence-corrected chi connectivity index (χ3v) is 3.66. The first-order valence-electron chi connectivity index (χ1n) is 6.17. The Hall–Kier alpha value is -1.00. The zero-order chi connectivity index (χ0) is 13.3. The molecule has 18 heavy (non-hydrogen) atoms. The minimum atomic E-state index is -0.0395. The van der Waals surface area contributed by atoms with Gasteiger partial charge in [-0.1, -0.05) is 0 Å². The highest BCUT2D eigenvalue weighted by Gasteiger charge is 2.29. The summed E-state index contributed by atoms with van der Waals surface area (Å²) in [5.41, 5.74) is 0.614. The Morgan fingerprint density at radius 2 is 1.89 bits per heavy atom. The number of rotatable bonds is 1. The summed E-state index contributed by atoms with van der Waals surface area (Å²) in [6.07, 6.45) is 1.45. The van der Waals surface area contributed by atoms with Gasteiger partial charge < -0.3 is 9.32 Å². The van der Waals surface area contributed by atoms with Crippen molar-refractivity contribution >= 4 is 17.5 Å². The molecular weight excluding hydrogens is 252 g/mol. The van der Waals surface area contributed by atoms with Crippen molar-refractivity contribution in [3.63, 3.8) is 0 Å². The van der Waals surface area contributed by atoms with Crippen LogP contribution >= 0.6 is 11.6 Å². The van der Waals surface area contributed by atoms with Crippen molar-refractivity contribution in [3.05, 3.63) is 23.1 Å². The van der Waals surface area contributed by atoms with Gasteiger partial charge in [0, 0.05) is 31.7 Å². The molecule has 1 saturated heterocycles. The number of nitrogens with zero attached hydrogens (tertiary/aromatic N) is 2. The molecular formula is C13H19ClN2O2. The molecule has 0 aliphatic carbocycles. The van der Waals surface area contributed by atoms with Crippen LogP contribution in [0.5, 0.6) is 0 Å². The molecule has 0 N–H and O–H groups in total. The van der Waals surface area contributed by atoms with Gasteiger partial charge in [-0.2, -0.15) is 0 Å². The summed E-state index contributed by atoms with van der Waals surface area (Å²) in [6, 6.07) is 1.63. The molecule has 0 spiro atoms. The smallest absolute Gasteiger partial charge is 0.258 e. The van der Waals surface area contributed by atoms with E-state index in [1.54, 1.807) is 6.07 Å². The Balaban J connectivity index is 1.99. The molecule has 1 fully saturated rings. The first kappa shape index (κ1) is 13.4. The topological polar surface area (TPSA) is 36.7 Å². The molecule has 1 aromatic heterocycles. The van der Waals surface area contributed by atoms with Gasteiger partial charge in [0.05, 0.1) is 11.8 Å². The summed E-state index contributed by atoms with van der Waals surface area (Å²) in [5, 5.41) is 0.179. The van der Waals surface area contributed by atoms with Crippen LogP contribution in [0.4, 0.5) is 0 Å². The van der Waals surface area contributed by atoms with Gasteiger partial charge in [0.1, 0.15) is 0 Å². The van der Waals surface area contributed by atoms with E-state index in [9.17, 15) is 4.79 Å². The molecule has 2 heterocycles. The van der Waals surface area contributed by atoms with Gasteiger partial charge >= 0.3 is 0 Å². The van der Waals surface area contributed by atoms with Crippen LogP contribution in [-0.2, 0) is 0 Å². The van der Waals surface area contributed by atoms with E-state index in [-0.39, 0.29) is 16.7 Å². The molecule has 2 rings (SSSR count). The van der Waals surface area contributed by atoms with Crippen molar-refractivity contribution in [2.45, 2.75) is 26.3 Å². The second-order valence-electron chi connectivity index (χ2n) is 5.56. The number of furan rings is 1. The molecule has 1 aliphatic heterocycles. The number of hydrogen-bond donors (Lipinski definition) is 0. The lowest BCUT2D eigenvalue weighted by Crippen LogP contribution is -2.54. The number of amides is 1. The van der Waals surface area contributed by atoms with E-state index in [1.165, 1.54) is 6.26 Å². The summed E-state index contributed by atoms with van der Waals surface area (Å²) in [4.78, 5) is 16.4. The van der Waals surface area contributed by atoms with E-state index in [0.29, 0.717) is 5.56 Å². The second-order valence-corrected chi connectivity index (χ2v) is 5.90.